The van der Waals surface area contributed by atoms with Crippen molar-refractivity contribution < 1.29 is 0 Å². The first kappa shape index (κ1) is 14.2. The smallest absolute Gasteiger partial charge is 0.0410 e. The molecule has 0 aromatic heterocycles. The molecule has 0 aliphatic heterocycles. The van der Waals surface area contributed by atoms with Gasteiger partial charge < -0.3 is 5.32 Å². The van der Waals surface area contributed by atoms with Crippen LogP contribution in [0.2, 0.25) is 5.02 Å². The van der Waals surface area contributed by atoms with Crippen LogP contribution in [-0.2, 0) is 6.54 Å². The first-order chi connectivity index (χ1) is 8.65. The van der Waals surface area contributed by atoms with Gasteiger partial charge in [-0.15, -0.1) is 11.8 Å². The van der Waals surface area contributed by atoms with Gasteiger partial charge >= 0.3 is 0 Å². The highest BCUT2D eigenvalue weighted by molar-refractivity contribution is 7.99. The van der Waals surface area contributed by atoms with Crippen molar-refractivity contribution in [1.82, 2.24) is 5.32 Å². The van der Waals surface area contributed by atoms with Crippen molar-refractivity contribution in [1.29, 1.82) is 0 Å². The fraction of sp³-hybridized carbons (Fsp3) is 0.600. The lowest BCUT2D eigenvalue weighted by atomic mass is 10.2. The van der Waals surface area contributed by atoms with E-state index in [0.29, 0.717) is 0 Å². The van der Waals surface area contributed by atoms with E-state index in [1.54, 1.807) is 0 Å². The van der Waals surface area contributed by atoms with Crippen molar-refractivity contribution >= 4 is 23.4 Å². The fourth-order valence-corrected chi connectivity index (χ4v) is 3.26. The topological polar surface area (TPSA) is 12.0 Å². The van der Waals surface area contributed by atoms with E-state index < -0.39 is 0 Å². The zero-order valence-corrected chi connectivity index (χ0v) is 12.8. The molecule has 0 radical (unpaired) electrons. The van der Waals surface area contributed by atoms with Gasteiger partial charge in [-0.3, -0.25) is 0 Å². The highest BCUT2D eigenvalue weighted by Gasteiger charge is 2.20. The zero-order valence-electron chi connectivity index (χ0n) is 11.2. The summed E-state index contributed by atoms with van der Waals surface area (Å²) in [5, 5.41) is 4.41. The Labute approximate surface area is 120 Å². The van der Waals surface area contributed by atoms with E-state index in [9.17, 15) is 0 Å². The summed E-state index contributed by atoms with van der Waals surface area (Å²) in [7, 11) is 0. The van der Waals surface area contributed by atoms with Crippen LogP contribution in [-0.4, -0.2) is 11.8 Å². The first-order valence-electron chi connectivity index (χ1n) is 6.80. The lowest BCUT2D eigenvalue weighted by Gasteiger charge is -2.11. The summed E-state index contributed by atoms with van der Waals surface area (Å²) >= 11 is 8.05. The number of thioether (sulfide) groups is 1. The van der Waals surface area contributed by atoms with Crippen LogP contribution < -0.4 is 5.32 Å². The molecule has 1 fully saturated rings. The SMILES string of the molecule is CC(C)CCSc1ccc(Cl)cc1CNC1CC1. The predicted molar refractivity (Wildman–Crippen MR) is 81.5 cm³/mol. The van der Waals surface area contributed by atoms with Crippen LogP contribution >= 0.6 is 23.4 Å². The Kier molecular flexibility index (Phi) is 5.40. The molecule has 0 amide bonds. The van der Waals surface area contributed by atoms with Crippen molar-refractivity contribution in [3.63, 3.8) is 0 Å². The number of hydrogen-bond donors (Lipinski definition) is 1. The van der Waals surface area contributed by atoms with Crippen LogP contribution in [0.5, 0.6) is 0 Å². The van der Waals surface area contributed by atoms with Gasteiger partial charge in [0.15, 0.2) is 0 Å². The van der Waals surface area contributed by atoms with Crippen molar-refractivity contribution in [2.75, 3.05) is 5.75 Å². The van der Waals surface area contributed by atoms with E-state index in [0.717, 1.165) is 23.5 Å². The van der Waals surface area contributed by atoms with Crippen LogP contribution in [0.4, 0.5) is 0 Å². The highest BCUT2D eigenvalue weighted by Crippen LogP contribution is 2.28. The molecule has 0 spiro atoms. The molecule has 1 N–H and O–H groups in total. The largest absolute Gasteiger partial charge is 0.310 e. The molecular weight excluding hydrogens is 262 g/mol. The number of rotatable bonds is 7. The first-order valence-corrected chi connectivity index (χ1v) is 8.16. The average Bonchev–Trinajstić information content (AvgIpc) is 3.12. The summed E-state index contributed by atoms with van der Waals surface area (Å²) in [4.78, 5) is 1.38. The Morgan fingerprint density at radius 2 is 2.17 bits per heavy atom. The number of nitrogens with one attached hydrogen (secondary N) is 1. The van der Waals surface area contributed by atoms with Crippen LogP contribution in [0, 0.1) is 5.92 Å². The van der Waals surface area contributed by atoms with Crippen molar-refractivity contribution in [3.05, 3.63) is 28.8 Å². The van der Waals surface area contributed by atoms with Gasteiger partial charge in [-0.2, -0.15) is 0 Å². The summed E-state index contributed by atoms with van der Waals surface area (Å²) in [6.45, 7) is 5.51. The molecule has 0 heterocycles. The predicted octanol–water partition coefficient (Wildman–Crippen LogP) is 4.73. The minimum absolute atomic E-state index is 0.748. The highest BCUT2D eigenvalue weighted by atomic mass is 35.5. The fourth-order valence-electron chi connectivity index (χ4n) is 1.77. The second-order valence-corrected chi connectivity index (χ2v) is 7.01. The Hall–Kier alpha value is -0.180. The van der Waals surface area contributed by atoms with Gasteiger partial charge in [-0.25, -0.2) is 0 Å². The molecule has 1 aliphatic carbocycles. The Bertz CT molecular complexity index is 388. The quantitative estimate of drug-likeness (QED) is 0.726. The Morgan fingerprint density at radius 3 is 2.83 bits per heavy atom. The zero-order chi connectivity index (χ0) is 13.0. The van der Waals surface area contributed by atoms with Gasteiger partial charge in [0.1, 0.15) is 0 Å². The third-order valence-electron chi connectivity index (χ3n) is 3.13. The molecule has 2 rings (SSSR count). The van der Waals surface area contributed by atoms with Crippen molar-refractivity contribution in [2.45, 2.75) is 50.6 Å². The number of halogens is 1. The molecule has 1 aliphatic rings. The molecule has 18 heavy (non-hydrogen) atoms. The maximum absolute atomic E-state index is 6.10. The number of benzene rings is 1. The molecule has 0 atom stereocenters. The number of hydrogen-bond acceptors (Lipinski definition) is 2. The summed E-state index contributed by atoms with van der Waals surface area (Å²) in [5.74, 6) is 1.97. The summed E-state index contributed by atoms with van der Waals surface area (Å²) in [5.41, 5.74) is 1.35. The molecule has 1 saturated carbocycles. The normalized spacial score (nSPS) is 15.3. The summed E-state index contributed by atoms with van der Waals surface area (Å²) < 4.78 is 0. The van der Waals surface area contributed by atoms with E-state index in [2.05, 4.69) is 31.3 Å². The van der Waals surface area contributed by atoms with Gasteiger partial charge in [0.2, 0.25) is 0 Å². The molecule has 3 heteroatoms. The maximum Gasteiger partial charge on any atom is 0.0410 e. The molecule has 1 nitrogen and oxygen atoms in total. The second-order valence-electron chi connectivity index (χ2n) is 5.44. The standard InChI is InChI=1S/C15H22ClNS/c1-11(2)7-8-18-15-6-3-13(16)9-12(15)10-17-14-4-5-14/h3,6,9,11,14,17H,4-5,7-8,10H2,1-2H3. The van der Waals surface area contributed by atoms with E-state index in [1.165, 1.54) is 35.5 Å². The molecular formula is C15H22ClNS. The third-order valence-corrected chi connectivity index (χ3v) is 4.52. The summed E-state index contributed by atoms with van der Waals surface area (Å²) in [6.07, 6.45) is 3.93. The van der Waals surface area contributed by atoms with E-state index in [1.807, 2.05) is 17.8 Å². The molecule has 0 unspecified atom stereocenters. The third kappa shape index (κ3) is 4.83. The average molecular weight is 284 g/mol. The second kappa shape index (κ2) is 6.83. The van der Waals surface area contributed by atoms with Crippen LogP contribution in [0.1, 0.15) is 38.7 Å². The Balaban J connectivity index is 1.93. The van der Waals surface area contributed by atoms with Gasteiger partial charge in [0.25, 0.3) is 0 Å². The van der Waals surface area contributed by atoms with E-state index in [-0.39, 0.29) is 0 Å². The molecule has 0 saturated heterocycles. The van der Waals surface area contributed by atoms with Crippen molar-refractivity contribution in [3.8, 4) is 0 Å². The van der Waals surface area contributed by atoms with E-state index >= 15 is 0 Å². The minimum atomic E-state index is 0.748. The van der Waals surface area contributed by atoms with Gasteiger partial charge in [0.05, 0.1) is 0 Å². The van der Waals surface area contributed by atoms with Gasteiger partial charge in [-0.05, 0) is 54.7 Å². The summed E-state index contributed by atoms with van der Waals surface area (Å²) in [6, 6.07) is 7.02. The van der Waals surface area contributed by atoms with E-state index in [4.69, 9.17) is 11.6 Å². The molecule has 1 aromatic rings. The molecule has 1 aromatic carbocycles. The minimum Gasteiger partial charge on any atom is -0.310 e. The molecule has 0 bridgehead atoms. The van der Waals surface area contributed by atoms with Crippen LogP contribution in [0.25, 0.3) is 0 Å². The Morgan fingerprint density at radius 1 is 1.39 bits per heavy atom. The van der Waals surface area contributed by atoms with Crippen molar-refractivity contribution in [2.24, 2.45) is 5.92 Å². The van der Waals surface area contributed by atoms with Gasteiger partial charge in [-0.1, -0.05) is 25.4 Å². The lowest BCUT2D eigenvalue weighted by Crippen LogP contribution is -2.15. The maximum atomic E-state index is 6.10. The lowest BCUT2D eigenvalue weighted by molar-refractivity contribution is 0.632. The van der Waals surface area contributed by atoms with Crippen LogP contribution in [0.15, 0.2) is 23.1 Å². The molecule has 100 valence electrons. The van der Waals surface area contributed by atoms with Gasteiger partial charge in [0, 0.05) is 22.5 Å². The van der Waals surface area contributed by atoms with Crippen LogP contribution in [0.3, 0.4) is 0 Å². The monoisotopic (exact) mass is 283 g/mol.